The molecule has 1 fully saturated rings. The largest absolute Gasteiger partial charge is 0.324 e. The van der Waals surface area contributed by atoms with Crippen molar-refractivity contribution in [3.63, 3.8) is 0 Å². The van der Waals surface area contributed by atoms with Gasteiger partial charge in [0.25, 0.3) is 17.7 Å². The molecule has 1 saturated carbocycles. The number of carbonyl (C=O) groups is 4. The average Bonchev–Trinajstić information content (AvgIpc) is 3.47. The zero-order valence-electron chi connectivity index (χ0n) is 13.8. The van der Waals surface area contributed by atoms with Crippen LogP contribution in [-0.2, 0) is 9.59 Å². The molecular weight excluding hydrogens is 332 g/mol. The van der Waals surface area contributed by atoms with Gasteiger partial charge in [0.05, 0.1) is 11.1 Å². The van der Waals surface area contributed by atoms with Crippen LogP contribution in [0.1, 0.15) is 33.6 Å². The number of fused-ring (bicyclic) bond motifs is 1. The molecular formula is C20H16N2O4. The van der Waals surface area contributed by atoms with Crippen LogP contribution in [0.3, 0.4) is 0 Å². The Morgan fingerprint density at radius 2 is 1.42 bits per heavy atom. The zero-order valence-corrected chi connectivity index (χ0v) is 13.8. The lowest BCUT2D eigenvalue weighted by Crippen LogP contribution is -2.52. The van der Waals surface area contributed by atoms with Crippen LogP contribution < -0.4 is 5.32 Å². The Balaban J connectivity index is 1.68. The molecule has 1 aliphatic carbocycles. The number of hydrogen-bond acceptors (Lipinski definition) is 4. The fourth-order valence-corrected chi connectivity index (χ4v) is 3.14. The van der Waals surface area contributed by atoms with Gasteiger partial charge < -0.3 is 5.32 Å². The lowest BCUT2D eigenvalue weighted by Gasteiger charge is -2.24. The Labute approximate surface area is 149 Å². The minimum Gasteiger partial charge on any atom is -0.324 e. The number of rotatable bonds is 5. The van der Waals surface area contributed by atoms with E-state index in [0.717, 1.165) is 4.90 Å². The van der Waals surface area contributed by atoms with Crippen LogP contribution in [0.5, 0.6) is 0 Å². The summed E-state index contributed by atoms with van der Waals surface area (Å²) in [7, 11) is 0. The number of para-hydroxylation sites is 1. The van der Waals surface area contributed by atoms with Crippen molar-refractivity contribution in [1.82, 2.24) is 4.90 Å². The number of ketones is 1. The van der Waals surface area contributed by atoms with Gasteiger partial charge in [0.2, 0.25) is 0 Å². The highest BCUT2D eigenvalue weighted by Gasteiger charge is 2.49. The van der Waals surface area contributed by atoms with E-state index in [-0.39, 0.29) is 22.8 Å². The van der Waals surface area contributed by atoms with E-state index in [4.69, 9.17) is 0 Å². The second kappa shape index (κ2) is 6.22. The summed E-state index contributed by atoms with van der Waals surface area (Å²) >= 11 is 0. The van der Waals surface area contributed by atoms with E-state index in [2.05, 4.69) is 5.32 Å². The standard InChI is InChI=1S/C20H16N2O4/c23-17(12-10-11-12)16(18(24)21-13-6-2-1-3-7-13)22-19(25)14-8-4-5-9-15(14)20(22)26/h1-9,12,16H,10-11H2,(H,21,24). The van der Waals surface area contributed by atoms with Gasteiger partial charge in [0.1, 0.15) is 0 Å². The van der Waals surface area contributed by atoms with Crippen molar-refractivity contribution >= 4 is 29.2 Å². The smallest absolute Gasteiger partial charge is 0.262 e. The molecule has 2 aromatic rings. The molecule has 130 valence electrons. The highest BCUT2D eigenvalue weighted by molar-refractivity contribution is 6.27. The first-order chi connectivity index (χ1) is 12.6. The maximum absolute atomic E-state index is 12.8. The predicted octanol–water partition coefficient (Wildman–Crippen LogP) is 2.27. The molecule has 4 rings (SSSR count). The summed E-state index contributed by atoms with van der Waals surface area (Å²) < 4.78 is 0. The minimum atomic E-state index is -1.45. The number of nitrogens with one attached hydrogen (secondary N) is 1. The van der Waals surface area contributed by atoms with E-state index in [1.807, 2.05) is 0 Å². The number of amides is 3. The quantitative estimate of drug-likeness (QED) is 0.664. The molecule has 1 atom stereocenters. The number of Topliss-reactive ketones (excluding diaryl/α,β-unsaturated/α-hetero) is 1. The molecule has 26 heavy (non-hydrogen) atoms. The highest BCUT2D eigenvalue weighted by Crippen LogP contribution is 2.34. The van der Waals surface area contributed by atoms with E-state index in [1.165, 1.54) is 12.1 Å². The van der Waals surface area contributed by atoms with E-state index in [1.54, 1.807) is 42.5 Å². The normalized spacial score (nSPS) is 17.0. The van der Waals surface area contributed by atoms with Crippen molar-refractivity contribution in [1.29, 1.82) is 0 Å². The maximum atomic E-state index is 12.8. The topological polar surface area (TPSA) is 83.6 Å². The molecule has 1 aliphatic heterocycles. The molecule has 6 heteroatoms. The van der Waals surface area contributed by atoms with Gasteiger partial charge in [-0.2, -0.15) is 0 Å². The first kappa shape index (κ1) is 16.2. The van der Waals surface area contributed by atoms with Gasteiger partial charge in [0.15, 0.2) is 11.8 Å². The van der Waals surface area contributed by atoms with Crippen LogP contribution in [0, 0.1) is 5.92 Å². The van der Waals surface area contributed by atoms with E-state index < -0.39 is 23.8 Å². The van der Waals surface area contributed by atoms with Gasteiger partial charge in [-0.05, 0) is 37.1 Å². The van der Waals surface area contributed by atoms with Crippen LogP contribution in [0.25, 0.3) is 0 Å². The van der Waals surface area contributed by atoms with Crippen LogP contribution in [0.15, 0.2) is 54.6 Å². The average molecular weight is 348 g/mol. The lowest BCUT2D eigenvalue weighted by atomic mass is 10.1. The third-order valence-corrected chi connectivity index (χ3v) is 4.62. The number of carbonyl (C=O) groups excluding carboxylic acids is 4. The molecule has 1 N–H and O–H groups in total. The van der Waals surface area contributed by atoms with Crippen molar-refractivity contribution in [2.24, 2.45) is 5.92 Å². The summed E-state index contributed by atoms with van der Waals surface area (Å²) in [5.41, 5.74) is 0.944. The third-order valence-electron chi connectivity index (χ3n) is 4.62. The van der Waals surface area contributed by atoms with E-state index in [9.17, 15) is 19.2 Å². The first-order valence-corrected chi connectivity index (χ1v) is 8.44. The van der Waals surface area contributed by atoms with Crippen molar-refractivity contribution in [2.45, 2.75) is 18.9 Å². The van der Waals surface area contributed by atoms with Crippen LogP contribution in [0.4, 0.5) is 5.69 Å². The Bertz CT molecular complexity index is 883. The fraction of sp³-hybridized carbons (Fsp3) is 0.200. The van der Waals surface area contributed by atoms with Crippen molar-refractivity contribution in [2.75, 3.05) is 5.32 Å². The molecule has 3 amide bonds. The summed E-state index contributed by atoms with van der Waals surface area (Å²) in [5, 5.41) is 2.64. The van der Waals surface area contributed by atoms with Gasteiger partial charge in [-0.25, -0.2) is 0 Å². The monoisotopic (exact) mass is 348 g/mol. The van der Waals surface area contributed by atoms with Crippen molar-refractivity contribution in [3.8, 4) is 0 Å². The van der Waals surface area contributed by atoms with E-state index >= 15 is 0 Å². The Morgan fingerprint density at radius 1 is 0.885 bits per heavy atom. The van der Waals surface area contributed by atoms with Gasteiger partial charge in [0, 0.05) is 11.6 Å². The first-order valence-electron chi connectivity index (χ1n) is 8.44. The number of benzene rings is 2. The highest BCUT2D eigenvalue weighted by atomic mass is 16.2. The SMILES string of the molecule is O=C(Nc1ccccc1)C(C(=O)C1CC1)N1C(=O)c2ccccc2C1=O. The maximum Gasteiger partial charge on any atom is 0.262 e. The third kappa shape index (κ3) is 2.69. The van der Waals surface area contributed by atoms with Crippen molar-refractivity contribution < 1.29 is 19.2 Å². The number of nitrogens with zero attached hydrogens (tertiary/aromatic N) is 1. The van der Waals surface area contributed by atoms with Gasteiger partial charge >= 0.3 is 0 Å². The molecule has 0 bridgehead atoms. The molecule has 1 heterocycles. The Kier molecular flexibility index (Phi) is 3.88. The summed E-state index contributed by atoms with van der Waals surface area (Å²) in [6.45, 7) is 0. The molecule has 0 spiro atoms. The Morgan fingerprint density at radius 3 is 1.96 bits per heavy atom. The Hall–Kier alpha value is -3.28. The number of imide groups is 1. The van der Waals surface area contributed by atoms with Gasteiger partial charge in [-0.1, -0.05) is 30.3 Å². The molecule has 2 aromatic carbocycles. The van der Waals surface area contributed by atoms with Crippen LogP contribution in [-0.4, -0.2) is 34.4 Å². The fourth-order valence-electron chi connectivity index (χ4n) is 3.14. The van der Waals surface area contributed by atoms with Gasteiger partial charge in [-0.15, -0.1) is 0 Å². The van der Waals surface area contributed by atoms with Crippen LogP contribution >= 0.6 is 0 Å². The summed E-state index contributed by atoms with van der Waals surface area (Å²) in [4.78, 5) is 51.9. The molecule has 0 saturated heterocycles. The van der Waals surface area contributed by atoms with Gasteiger partial charge in [-0.3, -0.25) is 24.1 Å². The van der Waals surface area contributed by atoms with Crippen molar-refractivity contribution in [3.05, 3.63) is 65.7 Å². The molecule has 0 aromatic heterocycles. The molecule has 2 aliphatic rings. The summed E-state index contributed by atoms with van der Waals surface area (Å²) in [6, 6.07) is 13.6. The second-order valence-corrected chi connectivity index (χ2v) is 6.46. The minimum absolute atomic E-state index is 0.221. The number of hydrogen-bond donors (Lipinski definition) is 1. The second-order valence-electron chi connectivity index (χ2n) is 6.46. The summed E-state index contributed by atoms with van der Waals surface area (Å²) in [5.74, 6) is -2.53. The molecule has 1 unspecified atom stereocenters. The van der Waals surface area contributed by atoms with E-state index in [0.29, 0.717) is 18.5 Å². The molecule has 0 radical (unpaired) electrons. The molecule has 6 nitrogen and oxygen atoms in total. The number of anilines is 1. The summed E-state index contributed by atoms with van der Waals surface area (Å²) in [6.07, 6.45) is 1.36. The zero-order chi connectivity index (χ0) is 18.3. The lowest BCUT2D eigenvalue weighted by molar-refractivity contribution is -0.131. The predicted molar refractivity (Wildman–Crippen MR) is 93.5 cm³/mol. The van der Waals surface area contributed by atoms with Crippen LogP contribution in [0.2, 0.25) is 0 Å².